The summed E-state index contributed by atoms with van der Waals surface area (Å²) in [6.07, 6.45) is 3.49. The van der Waals surface area contributed by atoms with Gasteiger partial charge in [0.2, 0.25) is 15.9 Å². The fourth-order valence-electron chi connectivity index (χ4n) is 3.49. The summed E-state index contributed by atoms with van der Waals surface area (Å²) in [6, 6.07) is 11.7. The van der Waals surface area contributed by atoms with E-state index in [1.807, 2.05) is 12.1 Å². The van der Waals surface area contributed by atoms with Gasteiger partial charge in [0.15, 0.2) is 0 Å². The number of anilines is 1. The van der Waals surface area contributed by atoms with Crippen molar-refractivity contribution in [3.63, 3.8) is 0 Å². The monoisotopic (exact) mass is 414 g/mol. The van der Waals surface area contributed by atoms with Crippen LogP contribution in [0.25, 0.3) is 11.0 Å². The Kier molecular flexibility index (Phi) is 5.29. The number of nitrogens with one attached hydrogen (secondary N) is 1. The van der Waals surface area contributed by atoms with Crippen LogP contribution in [-0.2, 0) is 21.2 Å². The van der Waals surface area contributed by atoms with E-state index in [9.17, 15) is 13.2 Å². The quantitative estimate of drug-likeness (QED) is 0.668. The van der Waals surface area contributed by atoms with Crippen LogP contribution in [0.3, 0.4) is 0 Å². The Morgan fingerprint density at radius 3 is 2.55 bits per heavy atom. The van der Waals surface area contributed by atoms with E-state index in [4.69, 9.17) is 9.15 Å². The zero-order valence-corrected chi connectivity index (χ0v) is 16.9. The molecule has 3 aromatic rings. The number of hydrogen-bond donors (Lipinski definition) is 1. The van der Waals surface area contributed by atoms with Gasteiger partial charge in [-0.05, 0) is 49.2 Å². The van der Waals surface area contributed by atoms with Crippen molar-refractivity contribution in [2.75, 3.05) is 25.5 Å². The molecule has 1 N–H and O–H groups in total. The zero-order chi connectivity index (χ0) is 20.4. The lowest BCUT2D eigenvalue weighted by Gasteiger charge is -2.15. The molecule has 1 amide bonds. The van der Waals surface area contributed by atoms with E-state index in [2.05, 4.69) is 5.32 Å². The van der Waals surface area contributed by atoms with E-state index in [-0.39, 0.29) is 17.2 Å². The van der Waals surface area contributed by atoms with E-state index < -0.39 is 10.0 Å². The van der Waals surface area contributed by atoms with Crippen molar-refractivity contribution in [3.05, 3.63) is 54.3 Å². The van der Waals surface area contributed by atoms with Crippen LogP contribution in [0.5, 0.6) is 5.75 Å². The molecule has 1 aromatic heterocycles. The molecule has 8 heteroatoms. The maximum Gasteiger partial charge on any atom is 0.243 e. The number of carbonyl (C=O) groups is 1. The summed E-state index contributed by atoms with van der Waals surface area (Å²) in [5, 5.41) is 3.66. The predicted molar refractivity (Wildman–Crippen MR) is 110 cm³/mol. The first-order valence-electron chi connectivity index (χ1n) is 9.41. The molecule has 0 saturated carbocycles. The molecule has 2 heterocycles. The van der Waals surface area contributed by atoms with Crippen molar-refractivity contribution in [2.45, 2.75) is 24.2 Å². The summed E-state index contributed by atoms with van der Waals surface area (Å²) in [4.78, 5) is 12.7. The molecule has 1 aliphatic rings. The Balaban J connectivity index is 1.44. The van der Waals surface area contributed by atoms with Gasteiger partial charge in [-0.3, -0.25) is 4.79 Å². The molecule has 7 nitrogen and oxygen atoms in total. The molecule has 4 rings (SSSR count). The maximum absolute atomic E-state index is 12.6. The summed E-state index contributed by atoms with van der Waals surface area (Å²) >= 11 is 0. The van der Waals surface area contributed by atoms with E-state index >= 15 is 0 Å². The van der Waals surface area contributed by atoms with Crippen LogP contribution < -0.4 is 10.1 Å². The highest BCUT2D eigenvalue weighted by molar-refractivity contribution is 7.89. The highest BCUT2D eigenvalue weighted by Gasteiger charge is 2.26. The zero-order valence-electron chi connectivity index (χ0n) is 16.1. The molecule has 2 aromatic carbocycles. The molecule has 1 fully saturated rings. The molecule has 29 heavy (non-hydrogen) atoms. The third-order valence-electron chi connectivity index (χ3n) is 5.05. The van der Waals surface area contributed by atoms with Gasteiger partial charge in [0.1, 0.15) is 11.3 Å². The van der Waals surface area contributed by atoms with E-state index in [0.717, 1.165) is 23.8 Å². The van der Waals surface area contributed by atoms with Crippen LogP contribution in [-0.4, -0.2) is 38.8 Å². The first-order valence-corrected chi connectivity index (χ1v) is 10.9. The van der Waals surface area contributed by atoms with Crippen molar-refractivity contribution in [1.82, 2.24) is 4.31 Å². The van der Waals surface area contributed by atoms with Gasteiger partial charge in [-0.2, -0.15) is 4.31 Å². The van der Waals surface area contributed by atoms with E-state index in [0.29, 0.717) is 30.1 Å². The molecular weight excluding hydrogens is 392 g/mol. The third-order valence-corrected chi connectivity index (χ3v) is 6.97. The van der Waals surface area contributed by atoms with Crippen LogP contribution in [0.2, 0.25) is 0 Å². The number of fused-ring (bicyclic) bond motifs is 1. The number of carbonyl (C=O) groups excluding carboxylic acids is 1. The fraction of sp³-hybridized carbons (Fsp3) is 0.286. The fourth-order valence-corrected chi connectivity index (χ4v) is 5.01. The average molecular weight is 414 g/mol. The largest absolute Gasteiger partial charge is 0.497 e. The van der Waals surface area contributed by atoms with Crippen LogP contribution in [0.1, 0.15) is 18.4 Å². The summed E-state index contributed by atoms with van der Waals surface area (Å²) in [7, 11) is -1.87. The second-order valence-electron chi connectivity index (χ2n) is 6.98. The maximum atomic E-state index is 12.6. The molecule has 0 bridgehead atoms. The molecule has 0 radical (unpaired) electrons. The molecule has 0 atom stereocenters. The number of benzene rings is 2. The number of sulfonamides is 1. The number of amides is 1. The van der Waals surface area contributed by atoms with Crippen molar-refractivity contribution in [2.24, 2.45) is 0 Å². The number of furan rings is 1. The van der Waals surface area contributed by atoms with Gasteiger partial charge in [-0.1, -0.05) is 0 Å². The van der Waals surface area contributed by atoms with Crippen LogP contribution >= 0.6 is 0 Å². The van der Waals surface area contributed by atoms with Gasteiger partial charge in [0, 0.05) is 35.8 Å². The normalized spacial score (nSPS) is 14.9. The molecule has 1 saturated heterocycles. The van der Waals surface area contributed by atoms with Gasteiger partial charge in [0.05, 0.1) is 24.7 Å². The average Bonchev–Trinajstić information content (AvgIpc) is 3.39. The van der Waals surface area contributed by atoms with Gasteiger partial charge in [0.25, 0.3) is 0 Å². The summed E-state index contributed by atoms with van der Waals surface area (Å²) in [5.74, 6) is 0.477. The highest BCUT2D eigenvalue weighted by Crippen LogP contribution is 2.26. The Labute approximate surface area is 169 Å². The van der Waals surface area contributed by atoms with Gasteiger partial charge < -0.3 is 14.5 Å². The summed E-state index contributed by atoms with van der Waals surface area (Å²) in [6.45, 7) is 1.12. The Hall–Kier alpha value is -2.84. The number of rotatable bonds is 6. The van der Waals surface area contributed by atoms with Gasteiger partial charge in [-0.15, -0.1) is 0 Å². The van der Waals surface area contributed by atoms with Crippen molar-refractivity contribution in [1.29, 1.82) is 0 Å². The highest BCUT2D eigenvalue weighted by atomic mass is 32.2. The number of methoxy groups -OCH3 is 1. The van der Waals surface area contributed by atoms with Crippen molar-refractivity contribution < 1.29 is 22.4 Å². The Bertz CT molecular complexity index is 1130. The SMILES string of the molecule is COc1ccc2c(CC(=O)Nc3ccc(S(=O)(=O)N4CCCC4)cc3)coc2c1. The molecule has 1 aliphatic heterocycles. The first kappa shape index (κ1) is 19.5. The lowest BCUT2D eigenvalue weighted by Crippen LogP contribution is -2.27. The van der Waals surface area contributed by atoms with Crippen LogP contribution in [0, 0.1) is 0 Å². The number of ether oxygens (including phenoxy) is 1. The van der Waals surface area contributed by atoms with Crippen LogP contribution in [0.4, 0.5) is 5.69 Å². The number of hydrogen-bond acceptors (Lipinski definition) is 5. The lowest BCUT2D eigenvalue weighted by molar-refractivity contribution is -0.115. The smallest absolute Gasteiger partial charge is 0.243 e. The molecular formula is C21H22N2O5S. The van der Waals surface area contributed by atoms with Crippen molar-refractivity contribution in [3.8, 4) is 5.75 Å². The standard InChI is InChI=1S/C21H22N2O5S/c1-27-17-6-9-19-15(14-28-20(19)13-17)12-21(24)22-16-4-7-18(8-5-16)29(25,26)23-10-2-3-11-23/h4-9,13-14H,2-3,10-12H2,1H3,(H,22,24). The number of nitrogens with zero attached hydrogens (tertiary/aromatic N) is 1. The molecule has 152 valence electrons. The Morgan fingerprint density at radius 2 is 1.86 bits per heavy atom. The van der Waals surface area contributed by atoms with Gasteiger partial charge >= 0.3 is 0 Å². The first-order chi connectivity index (χ1) is 14.0. The van der Waals surface area contributed by atoms with E-state index in [1.54, 1.807) is 31.6 Å². The molecule has 0 unspecified atom stereocenters. The van der Waals surface area contributed by atoms with Gasteiger partial charge in [-0.25, -0.2) is 8.42 Å². The second-order valence-corrected chi connectivity index (χ2v) is 8.92. The molecule has 0 aliphatic carbocycles. The van der Waals surface area contributed by atoms with E-state index in [1.165, 1.54) is 16.4 Å². The minimum atomic E-state index is -3.46. The minimum Gasteiger partial charge on any atom is -0.497 e. The topological polar surface area (TPSA) is 88.8 Å². The van der Waals surface area contributed by atoms with Crippen LogP contribution in [0.15, 0.2) is 58.0 Å². The Morgan fingerprint density at radius 1 is 1.14 bits per heavy atom. The summed E-state index contributed by atoms with van der Waals surface area (Å²) in [5.41, 5.74) is 1.97. The predicted octanol–water partition coefficient (Wildman–Crippen LogP) is 3.41. The third kappa shape index (κ3) is 3.99. The van der Waals surface area contributed by atoms with Crippen molar-refractivity contribution >= 4 is 32.6 Å². The minimum absolute atomic E-state index is 0.146. The summed E-state index contributed by atoms with van der Waals surface area (Å²) < 4.78 is 37.3. The second kappa shape index (κ2) is 7.88. The molecule has 0 spiro atoms. The lowest BCUT2D eigenvalue weighted by atomic mass is 10.1.